The van der Waals surface area contributed by atoms with E-state index >= 15 is 0 Å². The van der Waals surface area contributed by atoms with Crippen LogP contribution in [0.2, 0.25) is 0 Å². The van der Waals surface area contributed by atoms with E-state index in [1.54, 1.807) is 0 Å². The van der Waals surface area contributed by atoms with Gasteiger partial charge in [0, 0.05) is 10.8 Å². The average molecular weight is 759 g/mol. The molecule has 12 aromatic rings. The van der Waals surface area contributed by atoms with Crippen molar-refractivity contribution in [2.75, 3.05) is 0 Å². The third kappa shape index (κ3) is 4.11. The summed E-state index contributed by atoms with van der Waals surface area (Å²) < 4.78 is 6.62. The van der Waals surface area contributed by atoms with Gasteiger partial charge in [-0.3, -0.25) is 0 Å². The highest BCUT2D eigenvalue weighted by Crippen LogP contribution is 2.65. The highest BCUT2D eigenvalue weighted by molar-refractivity contribution is 6.21. The lowest BCUT2D eigenvalue weighted by Crippen LogP contribution is -2.26. The Hall–Kier alpha value is -7.74. The molecule has 0 saturated carbocycles. The first-order chi connectivity index (χ1) is 29.7. The van der Waals surface area contributed by atoms with Gasteiger partial charge in [-0.25, -0.2) is 0 Å². The fourth-order valence-electron chi connectivity index (χ4n) is 11.3. The predicted molar refractivity (Wildman–Crippen MR) is 251 cm³/mol. The maximum Gasteiger partial charge on any atom is 0.136 e. The van der Waals surface area contributed by atoms with E-state index in [-0.39, 0.29) is 0 Å². The molecular formula is C59H34O. The Balaban J connectivity index is 1.19. The van der Waals surface area contributed by atoms with Crippen molar-refractivity contribution in [2.24, 2.45) is 0 Å². The van der Waals surface area contributed by atoms with Crippen molar-refractivity contribution in [2.45, 2.75) is 5.41 Å². The fourth-order valence-corrected chi connectivity index (χ4v) is 11.3. The SMILES string of the molecule is c1ccc2c(c1)-c1ccccc1C21c2cc3ccccc3cc2-c2c(-c3ccc4c(c3)oc3ccccc34)cc(-c3c4ccccc4cc4c3ccc3ccccc34)cc21. The molecule has 1 nitrogen and oxygen atoms in total. The molecule has 0 saturated heterocycles. The second-order valence-corrected chi connectivity index (χ2v) is 16.7. The molecule has 0 N–H and O–H groups in total. The molecule has 1 heterocycles. The van der Waals surface area contributed by atoms with Crippen LogP contribution in [0.25, 0.3) is 110 Å². The van der Waals surface area contributed by atoms with Crippen molar-refractivity contribution in [3.63, 3.8) is 0 Å². The standard InChI is InChI=1S/C59H34O/c1-2-15-37-32-53-50(29-36(37)14-1)58-48(39-26-27-46-45-21-9-12-24-55(45)60-56(46)34-39)31-40(33-54(58)59(53)51-22-10-7-19-43(51)44-20-8-11-23-52(44)59)57-42-18-6-4-16-38(42)30-49-41-17-5-3-13-35(41)25-28-47(49)57/h1-34H. The summed E-state index contributed by atoms with van der Waals surface area (Å²) in [6.07, 6.45) is 0. The van der Waals surface area contributed by atoms with Gasteiger partial charge < -0.3 is 4.42 Å². The van der Waals surface area contributed by atoms with Crippen molar-refractivity contribution < 1.29 is 4.42 Å². The van der Waals surface area contributed by atoms with E-state index in [1.165, 1.54) is 104 Å². The minimum absolute atomic E-state index is 0.538. The minimum Gasteiger partial charge on any atom is -0.456 e. The maximum atomic E-state index is 6.62. The molecule has 1 aromatic heterocycles. The van der Waals surface area contributed by atoms with Gasteiger partial charge in [0.15, 0.2) is 0 Å². The second-order valence-electron chi connectivity index (χ2n) is 16.7. The molecule has 0 atom stereocenters. The van der Waals surface area contributed by atoms with E-state index in [0.29, 0.717) is 0 Å². The number of para-hydroxylation sites is 1. The summed E-state index contributed by atoms with van der Waals surface area (Å²) in [5.41, 5.74) is 16.6. The molecule has 2 aliphatic carbocycles. The fraction of sp³-hybridized carbons (Fsp3) is 0.0169. The maximum absolute atomic E-state index is 6.62. The Kier molecular flexibility index (Phi) is 6.28. The molecule has 1 spiro atoms. The Bertz CT molecular complexity index is 3800. The Morgan fingerprint density at radius 2 is 0.883 bits per heavy atom. The van der Waals surface area contributed by atoms with Gasteiger partial charge in [0.1, 0.15) is 11.2 Å². The van der Waals surface area contributed by atoms with Gasteiger partial charge in [-0.2, -0.15) is 0 Å². The van der Waals surface area contributed by atoms with Gasteiger partial charge in [-0.1, -0.05) is 158 Å². The zero-order chi connectivity index (χ0) is 39.1. The van der Waals surface area contributed by atoms with Crippen LogP contribution in [0.15, 0.2) is 211 Å². The predicted octanol–water partition coefficient (Wildman–Crippen LogP) is 15.9. The third-order valence-corrected chi connectivity index (χ3v) is 13.8. The summed E-state index contributed by atoms with van der Waals surface area (Å²) >= 11 is 0. The highest BCUT2D eigenvalue weighted by atomic mass is 16.3. The third-order valence-electron chi connectivity index (χ3n) is 13.8. The van der Waals surface area contributed by atoms with Crippen molar-refractivity contribution in [1.82, 2.24) is 0 Å². The van der Waals surface area contributed by atoms with Crippen molar-refractivity contribution in [3.8, 4) is 44.5 Å². The molecule has 0 unspecified atom stereocenters. The first-order valence-electron chi connectivity index (χ1n) is 20.9. The Morgan fingerprint density at radius 1 is 0.267 bits per heavy atom. The van der Waals surface area contributed by atoms with E-state index < -0.39 is 5.41 Å². The zero-order valence-corrected chi connectivity index (χ0v) is 32.5. The summed E-state index contributed by atoms with van der Waals surface area (Å²) in [6, 6.07) is 77.2. The van der Waals surface area contributed by atoms with Crippen LogP contribution in [-0.2, 0) is 5.41 Å². The lowest BCUT2D eigenvalue weighted by atomic mass is 9.69. The number of hydrogen-bond acceptors (Lipinski definition) is 1. The molecule has 0 radical (unpaired) electrons. The van der Waals surface area contributed by atoms with Gasteiger partial charge in [-0.05, 0) is 158 Å². The van der Waals surface area contributed by atoms with Gasteiger partial charge in [0.25, 0.3) is 0 Å². The minimum atomic E-state index is -0.538. The normalized spacial score (nSPS) is 13.5. The number of furan rings is 1. The Morgan fingerprint density at radius 3 is 1.68 bits per heavy atom. The Labute approximate surface area is 346 Å². The monoisotopic (exact) mass is 758 g/mol. The number of hydrogen-bond donors (Lipinski definition) is 0. The second kappa shape index (κ2) is 11.7. The molecule has 1 heteroatoms. The van der Waals surface area contributed by atoms with E-state index in [0.717, 1.165) is 27.5 Å². The molecule has 0 amide bonds. The molecule has 14 rings (SSSR count). The molecule has 11 aromatic carbocycles. The zero-order valence-electron chi connectivity index (χ0n) is 32.5. The van der Waals surface area contributed by atoms with Crippen molar-refractivity contribution in [1.29, 1.82) is 0 Å². The quantitative estimate of drug-likeness (QED) is 0.126. The first kappa shape index (κ1) is 32.2. The molecule has 0 bridgehead atoms. The largest absolute Gasteiger partial charge is 0.456 e. The van der Waals surface area contributed by atoms with E-state index in [9.17, 15) is 0 Å². The summed E-state index contributed by atoms with van der Waals surface area (Å²) in [6.45, 7) is 0. The van der Waals surface area contributed by atoms with Crippen LogP contribution >= 0.6 is 0 Å². The molecular weight excluding hydrogens is 725 g/mol. The van der Waals surface area contributed by atoms with Crippen LogP contribution in [0.1, 0.15) is 22.3 Å². The van der Waals surface area contributed by atoms with Crippen molar-refractivity contribution in [3.05, 3.63) is 229 Å². The topological polar surface area (TPSA) is 13.1 Å². The van der Waals surface area contributed by atoms with Crippen LogP contribution in [0, 0.1) is 0 Å². The van der Waals surface area contributed by atoms with Crippen molar-refractivity contribution >= 4 is 65.0 Å². The molecule has 0 aliphatic heterocycles. The van der Waals surface area contributed by atoms with Crippen LogP contribution in [0.3, 0.4) is 0 Å². The summed E-state index contributed by atoms with van der Waals surface area (Å²) in [5, 5.41) is 12.3. The summed E-state index contributed by atoms with van der Waals surface area (Å²) in [5.74, 6) is 0. The van der Waals surface area contributed by atoms with Gasteiger partial charge >= 0.3 is 0 Å². The number of rotatable bonds is 2. The van der Waals surface area contributed by atoms with Crippen LogP contribution in [-0.4, -0.2) is 0 Å². The molecule has 276 valence electrons. The summed E-state index contributed by atoms with van der Waals surface area (Å²) in [7, 11) is 0. The van der Waals surface area contributed by atoms with Gasteiger partial charge in [0.05, 0.1) is 5.41 Å². The molecule has 2 aliphatic rings. The lowest BCUT2D eigenvalue weighted by Gasteiger charge is -2.31. The summed E-state index contributed by atoms with van der Waals surface area (Å²) in [4.78, 5) is 0. The number of benzene rings is 11. The average Bonchev–Trinajstić information content (AvgIpc) is 3.93. The van der Waals surface area contributed by atoms with Crippen LogP contribution in [0.4, 0.5) is 0 Å². The van der Waals surface area contributed by atoms with E-state index in [2.05, 4.69) is 206 Å². The number of fused-ring (bicyclic) bond motifs is 18. The van der Waals surface area contributed by atoms with Crippen LogP contribution < -0.4 is 0 Å². The smallest absolute Gasteiger partial charge is 0.136 e. The van der Waals surface area contributed by atoms with E-state index in [4.69, 9.17) is 4.42 Å². The van der Waals surface area contributed by atoms with Gasteiger partial charge in [0.2, 0.25) is 0 Å². The van der Waals surface area contributed by atoms with Crippen LogP contribution in [0.5, 0.6) is 0 Å². The highest BCUT2D eigenvalue weighted by Gasteiger charge is 2.52. The first-order valence-corrected chi connectivity index (χ1v) is 20.9. The van der Waals surface area contributed by atoms with Gasteiger partial charge in [-0.15, -0.1) is 0 Å². The molecule has 0 fully saturated rings. The lowest BCUT2D eigenvalue weighted by molar-refractivity contribution is 0.669. The van der Waals surface area contributed by atoms with E-state index in [1.807, 2.05) is 0 Å². The molecule has 60 heavy (non-hydrogen) atoms.